The predicted octanol–water partition coefficient (Wildman–Crippen LogP) is 4.20. The van der Waals surface area contributed by atoms with Crippen molar-refractivity contribution < 1.29 is 4.74 Å². The average Bonchev–Trinajstić information content (AvgIpc) is 3.21. The normalized spacial score (nSPS) is 14.6. The molecule has 1 aromatic carbocycles. The van der Waals surface area contributed by atoms with Crippen LogP contribution in [0.1, 0.15) is 12.8 Å². The third-order valence-corrected chi connectivity index (χ3v) is 5.88. The Morgan fingerprint density at radius 1 is 1.19 bits per heavy atom. The van der Waals surface area contributed by atoms with Gasteiger partial charge in [0.1, 0.15) is 18.2 Å². The molecule has 0 bridgehead atoms. The van der Waals surface area contributed by atoms with E-state index < -0.39 is 0 Å². The van der Waals surface area contributed by atoms with E-state index in [0.29, 0.717) is 11.7 Å². The van der Waals surface area contributed by atoms with Crippen molar-refractivity contribution in [2.24, 2.45) is 7.05 Å². The van der Waals surface area contributed by atoms with E-state index in [0.717, 1.165) is 59.1 Å². The van der Waals surface area contributed by atoms with Gasteiger partial charge in [0.2, 0.25) is 5.88 Å². The second-order valence-electron chi connectivity index (χ2n) is 7.90. The van der Waals surface area contributed by atoms with Crippen molar-refractivity contribution in [2.75, 3.05) is 18.4 Å². The molecule has 4 heterocycles. The number of hydrogen-bond donors (Lipinski definition) is 1. The SMILES string of the molecule is C=CC(=C)N1CCC(Oc2cc3c(Nc4cccc5cnn(C)c45)ncnc3cn2)CC1. The summed E-state index contributed by atoms with van der Waals surface area (Å²) in [5.74, 6) is 1.28. The number of likely N-dealkylation sites (tertiary alicyclic amines) is 1. The number of fused-ring (bicyclic) bond motifs is 2. The molecule has 1 N–H and O–H groups in total. The van der Waals surface area contributed by atoms with Crippen molar-refractivity contribution in [2.45, 2.75) is 18.9 Å². The lowest BCUT2D eigenvalue weighted by Crippen LogP contribution is -2.37. The van der Waals surface area contributed by atoms with Crippen molar-refractivity contribution >= 4 is 33.3 Å². The highest BCUT2D eigenvalue weighted by Crippen LogP contribution is 2.30. The van der Waals surface area contributed by atoms with Gasteiger partial charge >= 0.3 is 0 Å². The fourth-order valence-corrected chi connectivity index (χ4v) is 4.13. The minimum atomic E-state index is 0.109. The van der Waals surface area contributed by atoms with Crippen molar-refractivity contribution in [3.8, 4) is 5.88 Å². The Balaban J connectivity index is 1.39. The molecule has 0 atom stereocenters. The number of aromatic nitrogens is 5. The Morgan fingerprint density at radius 2 is 2.03 bits per heavy atom. The van der Waals surface area contributed by atoms with E-state index in [1.54, 1.807) is 18.6 Å². The molecule has 0 amide bonds. The predicted molar refractivity (Wildman–Crippen MR) is 126 cm³/mol. The van der Waals surface area contributed by atoms with Crippen LogP contribution in [0.25, 0.3) is 21.8 Å². The van der Waals surface area contributed by atoms with Crippen LogP contribution in [0.5, 0.6) is 5.88 Å². The Bertz CT molecular complexity index is 1300. The molecule has 0 spiro atoms. The van der Waals surface area contributed by atoms with Crippen LogP contribution in [0.15, 0.2) is 67.9 Å². The van der Waals surface area contributed by atoms with Gasteiger partial charge in [-0.1, -0.05) is 25.3 Å². The molecule has 0 saturated carbocycles. The first-order valence-corrected chi connectivity index (χ1v) is 10.6. The number of allylic oxidation sites excluding steroid dienone is 1. The largest absolute Gasteiger partial charge is 0.474 e. The summed E-state index contributed by atoms with van der Waals surface area (Å²) in [4.78, 5) is 15.6. The molecule has 1 aliphatic heterocycles. The third-order valence-electron chi connectivity index (χ3n) is 5.88. The molecule has 162 valence electrons. The number of nitrogens with zero attached hydrogens (tertiary/aromatic N) is 6. The second-order valence-corrected chi connectivity index (χ2v) is 7.90. The molecule has 3 aromatic heterocycles. The van der Waals surface area contributed by atoms with Gasteiger partial charge in [-0.25, -0.2) is 15.0 Å². The van der Waals surface area contributed by atoms with Gasteiger partial charge in [-0.15, -0.1) is 0 Å². The van der Waals surface area contributed by atoms with E-state index in [-0.39, 0.29) is 6.10 Å². The lowest BCUT2D eigenvalue weighted by Gasteiger charge is -2.33. The molecule has 0 radical (unpaired) electrons. The van der Waals surface area contributed by atoms with Crippen molar-refractivity contribution in [3.63, 3.8) is 0 Å². The topological polar surface area (TPSA) is 81.0 Å². The summed E-state index contributed by atoms with van der Waals surface area (Å²) in [7, 11) is 1.93. The van der Waals surface area contributed by atoms with Crippen LogP contribution in [0.4, 0.5) is 11.5 Å². The van der Waals surface area contributed by atoms with Crippen LogP contribution in [0.3, 0.4) is 0 Å². The van der Waals surface area contributed by atoms with Crippen LogP contribution in [-0.4, -0.2) is 48.8 Å². The third kappa shape index (κ3) is 3.75. The molecule has 4 aromatic rings. The summed E-state index contributed by atoms with van der Waals surface area (Å²) in [6, 6.07) is 7.97. The standard InChI is InChI=1S/C24H25N7O/c1-4-16(2)31-10-8-18(9-11-31)32-22-12-19-21(14-25-22)26-15-27-24(19)29-20-7-5-6-17-13-28-30(3)23(17)20/h4-7,12-15,18H,1-2,8-11H2,3H3,(H,26,27,29). The van der Waals surface area contributed by atoms with E-state index >= 15 is 0 Å². The average molecular weight is 428 g/mol. The molecule has 1 aliphatic rings. The summed E-state index contributed by atoms with van der Waals surface area (Å²) in [6.45, 7) is 9.63. The lowest BCUT2D eigenvalue weighted by atomic mass is 10.1. The fraction of sp³-hybridized carbons (Fsp3) is 0.250. The molecule has 8 nitrogen and oxygen atoms in total. The summed E-state index contributed by atoms with van der Waals surface area (Å²) < 4.78 is 8.07. The zero-order valence-electron chi connectivity index (χ0n) is 18.0. The smallest absolute Gasteiger partial charge is 0.214 e. The molecular formula is C24H25N7O. The highest BCUT2D eigenvalue weighted by molar-refractivity contribution is 5.96. The van der Waals surface area contributed by atoms with Crippen molar-refractivity contribution in [1.82, 2.24) is 29.6 Å². The highest BCUT2D eigenvalue weighted by Gasteiger charge is 2.21. The van der Waals surface area contributed by atoms with Crippen LogP contribution in [-0.2, 0) is 7.05 Å². The lowest BCUT2D eigenvalue weighted by molar-refractivity contribution is 0.115. The molecule has 5 rings (SSSR count). The van der Waals surface area contributed by atoms with Gasteiger partial charge in [-0.3, -0.25) is 4.68 Å². The van der Waals surface area contributed by atoms with Crippen LogP contribution >= 0.6 is 0 Å². The zero-order chi connectivity index (χ0) is 22.1. The number of para-hydroxylation sites is 1. The second kappa shape index (κ2) is 8.30. The quantitative estimate of drug-likeness (QED) is 0.462. The number of rotatable bonds is 6. The Labute approximate surface area is 186 Å². The first-order valence-electron chi connectivity index (χ1n) is 10.6. The molecule has 1 saturated heterocycles. The maximum Gasteiger partial charge on any atom is 0.214 e. The van der Waals surface area contributed by atoms with Crippen molar-refractivity contribution in [1.29, 1.82) is 0 Å². The summed E-state index contributed by atoms with van der Waals surface area (Å²) >= 11 is 0. The van der Waals surface area contributed by atoms with Gasteiger partial charge in [-0.2, -0.15) is 5.10 Å². The first kappa shape index (κ1) is 20.0. The Kier molecular flexibility index (Phi) is 5.18. The number of benzene rings is 1. The van der Waals surface area contributed by atoms with Gasteiger partial charge in [0, 0.05) is 55.5 Å². The van der Waals surface area contributed by atoms with E-state index in [1.165, 1.54) is 0 Å². The maximum absolute atomic E-state index is 6.22. The number of aryl methyl sites for hydroxylation is 1. The van der Waals surface area contributed by atoms with E-state index in [2.05, 4.69) is 43.4 Å². The number of nitrogens with one attached hydrogen (secondary N) is 1. The van der Waals surface area contributed by atoms with Crippen molar-refractivity contribution in [3.05, 3.63) is 67.9 Å². The van der Waals surface area contributed by atoms with Gasteiger partial charge < -0.3 is 15.0 Å². The van der Waals surface area contributed by atoms with E-state index in [4.69, 9.17) is 4.74 Å². The van der Waals surface area contributed by atoms with E-state index in [1.807, 2.05) is 42.2 Å². The number of anilines is 2. The first-order chi connectivity index (χ1) is 15.6. The number of hydrogen-bond acceptors (Lipinski definition) is 7. The van der Waals surface area contributed by atoms with Gasteiger partial charge in [-0.05, 0) is 12.1 Å². The minimum absolute atomic E-state index is 0.109. The minimum Gasteiger partial charge on any atom is -0.474 e. The zero-order valence-corrected chi connectivity index (χ0v) is 18.0. The summed E-state index contributed by atoms with van der Waals surface area (Å²) in [5, 5.41) is 9.73. The monoisotopic (exact) mass is 427 g/mol. The molecule has 0 aliphatic carbocycles. The van der Waals surface area contributed by atoms with Gasteiger partial charge in [0.15, 0.2) is 0 Å². The van der Waals surface area contributed by atoms with Gasteiger partial charge in [0.25, 0.3) is 0 Å². The summed E-state index contributed by atoms with van der Waals surface area (Å²) in [5.41, 5.74) is 3.65. The van der Waals surface area contributed by atoms with Crippen LogP contribution < -0.4 is 10.1 Å². The molecule has 0 unspecified atom stereocenters. The fourth-order valence-electron chi connectivity index (χ4n) is 4.13. The Hall–Kier alpha value is -3.94. The molecule has 1 fully saturated rings. The number of piperidine rings is 1. The molecule has 32 heavy (non-hydrogen) atoms. The van der Waals surface area contributed by atoms with Gasteiger partial charge in [0.05, 0.1) is 29.1 Å². The highest BCUT2D eigenvalue weighted by atomic mass is 16.5. The number of ether oxygens (including phenoxy) is 1. The van der Waals surface area contributed by atoms with E-state index in [9.17, 15) is 0 Å². The molecular weight excluding hydrogens is 402 g/mol. The molecule has 8 heteroatoms. The summed E-state index contributed by atoms with van der Waals surface area (Å²) in [6.07, 6.45) is 8.85. The maximum atomic E-state index is 6.22. The Morgan fingerprint density at radius 3 is 2.84 bits per heavy atom. The van der Waals surface area contributed by atoms with Crippen LogP contribution in [0, 0.1) is 0 Å². The number of pyridine rings is 1. The van der Waals surface area contributed by atoms with Crippen LogP contribution in [0.2, 0.25) is 0 Å².